The summed E-state index contributed by atoms with van der Waals surface area (Å²) in [5, 5.41) is 24.7. The predicted octanol–water partition coefficient (Wildman–Crippen LogP) is 5.17. The van der Waals surface area contributed by atoms with Crippen LogP contribution in [0.4, 0.5) is 0 Å². The molecule has 4 nitrogen and oxygen atoms in total. The number of aromatic nitrogens is 1. The zero-order chi connectivity index (χ0) is 22.2. The molecular weight excluding hydrogens is 396 g/mol. The third-order valence-corrected chi connectivity index (χ3v) is 8.04. The van der Waals surface area contributed by atoms with Gasteiger partial charge in [-0.3, -0.25) is 4.98 Å². The summed E-state index contributed by atoms with van der Waals surface area (Å²) < 4.78 is 0. The molecule has 4 rings (SSSR count). The first-order valence-corrected chi connectivity index (χ1v) is 13.0. The quantitative estimate of drug-likeness (QED) is 0.329. The van der Waals surface area contributed by atoms with Gasteiger partial charge < -0.3 is 15.5 Å². The van der Waals surface area contributed by atoms with Crippen LogP contribution >= 0.6 is 0 Å². The van der Waals surface area contributed by atoms with Gasteiger partial charge in [0.05, 0.1) is 12.2 Å². The van der Waals surface area contributed by atoms with Gasteiger partial charge in [0.1, 0.15) is 0 Å². The summed E-state index contributed by atoms with van der Waals surface area (Å²) in [5.41, 5.74) is 2.89. The first-order valence-electron chi connectivity index (χ1n) is 13.0. The second kappa shape index (κ2) is 12.1. The van der Waals surface area contributed by atoms with E-state index in [4.69, 9.17) is 0 Å². The molecule has 1 aromatic heterocycles. The normalized spacial score (nSPS) is 29.4. The van der Waals surface area contributed by atoms with E-state index in [0.717, 1.165) is 38.8 Å². The van der Waals surface area contributed by atoms with Crippen LogP contribution in [0.2, 0.25) is 0 Å². The van der Waals surface area contributed by atoms with Crippen LogP contribution in [0, 0.1) is 23.7 Å². The molecule has 4 heteroatoms. The summed E-state index contributed by atoms with van der Waals surface area (Å²) in [6.45, 7) is 1.98. The second-order valence-corrected chi connectivity index (χ2v) is 10.4. The number of hydrogen-bond donors (Lipinski definition) is 3. The van der Waals surface area contributed by atoms with Gasteiger partial charge in [-0.1, -0.05) is 49.5 Å². The predicted molar refractivity (Wildman–Crippen MR) is 130 cm³/mol. The number of hydrogen-bond acceptors (Lipinski definition) is 4. The minimum Gasteiger partial charge on any atom is -0.392 e. The summed E-state index contributed by atoms with van der Waals surface area (Å²) in [7, 11) is 0. The van der Waals surface area contributed by atoms with Gasteiger partial charge in [-0.05, 0) is 86.9 Å². The Hall–Kier alpha value is -1.49. The maximum absolute atomic E-state index is 10.6. The number of pyridine rings is 1. The molecule has 0 amide bonds. The van der Waals surface area contributed by atoms with Gasteiger partial charge >= 0.3 is 0 Å². The fourth-order valence-corrected chi connectivity index (χ4v) is 6.18. The van der Waals surface area contributed by atoms with Crippen molar-refractivity contribution < 1.29 is 10.2 Å². The van der Waals surface area contributed by atoms with Crippen LogP contribution in [-0.4, -0.2) is 33.9 Å². The highest BCUT2D eigenvalue weighted by Gasteiger charge is 2.43. The largest absolute Gasteiger partial charge is 0.392 e. The molecule has 0 radical (unpaired) electrons. The van der Waals surface area contributed by atoms with Crippen LogP contribution < -0.4 is 5.32 Å². The van der Waals surface area contributed by atoms with E-state index in [2.05, 4.69) is 34.6 Å². The van der Waals surface area contributed by atoms with Gasteiger partial charge in [-0.25, -0.2) is 0 Å². The van der Waals surface area contributed by atoms with Crippen LogP contribution in [0.3, 0.4) is 0 Å². The maximum atomic E-state index is 10.6. The average Bonchev–Trinajstić information content (AvgIpc) is 3.34. The monoisotopic (exact) mass is 438 g/mol. The topological polar surface area (TPSA) is 65.4 Å². The molecule has 1 aromatic rings. The number of nitrogens with zero attached hydrogens (tertiary/aromatic N) is 1. The molecule has 2 saturated carbocycles. The van der Waals surface area contributed by atoms with Crippen molar-refractivity contribution >= 4 is 0 Å². The number of rotatable bonds is 11. The SMILES string of the molecule is O[C@H](C=C[C@@H]1[C@H]2CC(CCCCCNCc3ccncc3)=C[C@H]2C[C@H]1O)C1CCCCC1. The zero-order valence-electron chi connectivity index (χ0n) is 19.5. The van der Waals surface area contributed by atoms with E-state index in [1.165, 1.54) is 50.5 Å². The molecule has 0 saturated heterocycles. The van der Waals surface area contributed by atoms with E-state index in [0.29, 0.717) is 17.8 Å². The Balaban J connectivity index is 1.13. The summed E-state index contributed by atoms with van der Waals surface area (Å²) in [4.78, 5) is 4.06. The summed E-state index contributed by atoms with van der Waals surface area (Å²) in [6.07, 6.45) is 22.8. The third kappa shape index (κ3) is 6.52. The van der Waals surface area contributed by atoms with E-state index >= 15 is 0 Å². The van der Waals surface area contributed by atoms with Gasteiger partial charge in [-0.2, -0.15) is 0 Å². The molecule has 0 aromatic carbocycles. The fourth-order valence-electron chi connectivity index (χ4n) is 6.18. The van der Waals surface area contributed by atoms with E-state index in [1.807, 2.05) is 18.5 Å². The molecule has 3 aliphatic carbocycles. The number of aliphatic hydroxyl groups is 2. The smallest absolute Gasteiger partial charge is 0.0749 e. The van der Waals surface area contributed by atoms with Gasteiger partial charge in [-0.15, -0.1) is 0 Å². The summed E-state index contributed by atoms with van der Waals surface area (Å²) in [6, 6.07) is 4.12. The van der Waals surface area contributed by atoms with Gasteiger partial charge in [0.15, 0.2) is 0 Å². The second-order valence-electron chi connectivity index (χ2n) is 10.4. The van der Waals surface area contributed by atoms with Crippen molar-refractivity contribution in [2.75, 3.05) is 6.54 Å². The molecule has 5 atom stereocenters. The van der Waals surface area contributed by atoms with Crippen LogP contribution in [0.5, 0.6) is 0 Å². The van der Waals surface area contributed by atoms with Gasteiger partial charge in [0.2, 0.25) is 0 Å². The molecule has 0 bridgehead atoms. The number of nitrogens with one attached hydrogen (secondary N) is 1. The summed E-state index contributed by atoms with van der Waals surface area (Å²) in [5.74, 6) is 1.70. The van der Waals surface area contributed by atoms with Crippen molar-refractivity contribution in [3.05, 3.63) is 53.9 Å². The van der Waals surface area contributed by atoms with Crippen LogP contribution in [0.25, 0.3) is 0 Å². The highest BCUT2D eigenvalue weighted by molar-refractivity contribution is 5.21. The lowest BCUT2D eigenvalue weighted by atomic mass is 9.83. The van der Waals surface area contributed by atoms with E-state index in [1.54, 1.807) is 5.57 Å². The van der Waals surface area contributed by atoms with Gasteiger partial charge in [0.25, 0.3) is 0 Å². The lowest BCUT2D eigenvalue weighted by molar-refractivity contribution is 0.120. The molecule has 2 fully saturated rings. The molecule has 3 aliphatic rings. The first kappa shape index (κ1) is 23.7. The Morgan fingerprint density at radius 1 is 1.09 bits per heavy atom. The third-order valence-electron chi connectivity index (χ3n) is 8.04. The Kier molecular flexibility index (Phi) is 8.95. The van der Waals surface area contributed by atoms with Crippen molar-refractivity contribution in [2.24, 2.45) is 23.7 Å². The van der Waals surface area contributed by atoms with Crippen molar-refractivity contribution in [3.63, 3.8) is 0 Å². The minimum absolute atomic E-state index is 0.212. The van der Waals surface area contributed by atoms with E-state index in [9.17, 15) is 10.2 Å². The highest BCUT2D eigenvalue weighted by Crippen LogP contribution is 2.48. The van der Waals surface area contributed by atoms with Crippen molar-refractivity contribution in [2.45, 2.75) is 89.4 Å². The van der Waals surface area contributed by atoms with Crippen molar-refractivity contribution in [3.8, 4) is 0 Å². The molecular formula is C28H42N2O2. The van der Waals surface area contributed by atoms with Crippen LogP contribution in [0.15, 0.2) is 48.3 Å². The highest BCUT2D eigenvalue weighted by atomic mass is 16.3. The van der Waals surface area contributed by atoms with Gasteiger partial charge in [0, 0.05) is 24.9 Å². The zero-order valence-corrected chi connectivity index (χ0v) is 19.5. The number of allylic oxidation sites excluding steroid dienone is 2. The van der Waals surface area contributed by atoms with Crippen LogP contribution in [-0.2, 0) is 6.54 Å². The summed E-state index contributed by atoms with van der Waals surface area (Å²) >= 11 is 0. The van der Waals surface area contributed by atoms with Crippen LogP contribution in [0.1, 0.15) is 76.2 Å². The number of aliphatic hydroxyl groups excluding tert-OH is 2. The molecule has 1 heterocycles. The Bertz CT molecular complexity index is 741. The minimum atomic E-state index is -0.331. The Labute approximate surface area is 194 Å². The first-order chi connectivity index (χ1) is 15.7. The van der Waals surface area contributed by atoms with Crippen molar-refractivity contribution in [1.82, 2.24) is 10.3 Å². The average molecular weight is 439 g/mol. The Morgan fingerprint density at radius 3 is 2.72 bits per heavy atom. The lowest BCUT2D eigenvalue weighted by Crippen LogP contribution is -2.22. The molecule has 0 unspecified atom stereocenters. The van der Waals surface area contributed by atoms with Crippen molar-refractivity contribution in [1.29, 1.82) is 0 Å². The number of unbranched alkanes of at least 4 members (excludes halogenated alkanes) is 2. The van der Waals surface area contributed by atoms with E-state index in [-0.39, 0.29) is 18.1 Å². The fraction of sp³-hybridized carbons (Fsp3) is 0.679. The van der Waals surface area contributed by atoms with E-state index < -0.39 is 0 Å². The lowest BCUT2D eigenvalue weighted by Gasteiger charge is -2.25. The Morgan fingerprint density at radius 2 is 1.91 bits per heavy atom. The molecule has 3 N–H and O–H groups in total. The molecule has 0 spiro atoms. The number of fused-ring (bicyclic) bond motifs is 1. The molecule has 32 heavy (non-hydrogen) atoms. The standard InChI is InChI=1S/C28H42N2O2/c31-27(23-8-4-1-5-9-23)11-10-25-26-18-22(17-24(26)19-28(25)32)7-3-2-6-14-30-20-21-12-15-29-16-13-21/h10-13,15-17,23-28,30-32H,1-9,14,18-20H2/t24-,25+,26-,27+,28+/m0/s1. The molecule has 176 valence electrons. The maximum Gasteiger partial charge on any atom is 0.0749 e. The molecule has 0 aliphatic heterocycles.